The lowest BCUT2D eigenvalue weighted by molar-refractivity contribution is 0.162. The van der Waals surface area contributed by atoms with Gasteiger partial charge in [0, 0.05) is 12.3 Å². The second kappa shape index (κ2) is 10.7. The van der Waals surface area contributed by atoms with Crippen LogP contribution in [-0.2, 0) is 0 Å². The molecule has 114 valence electrons. The fourth-order valence-electron chi connectivity index (χ4n) is 2.35. The number of hydrogen-bond donors (Lipinski definition) is 1. The van der Waals surface area contributed by atoms with E-state index < -0.39 is 6.10 Å². The number of aliphatic hydroxyl groups is 1. The van der Waals surface area contributed by atoms with E-state index in [0.29, 0.717) is 5.88 Å². The van der Waals surface area contributed by atoms with Gasteiger partial charge in [0.15, 0.2) is 0 Å². The van der Waals surface area contributed by atoms with Gasteiger partial charge in [0.2, 0.25) is 5.88 Å². The van der Waals surface area contributed by atoms with Crippen LogP contribution in [0.5, 0.6) is 5.88 Å². The van der Waals surface area contributed by atoms with Crippen molar-refractivity contribution in [3.05, 3.63) is 23.9 Å². The first kappa shape index (κ1) is 17.0. The molecule has 1 N–H and O–H groups in total. The van der Waals surface area contributed by atoms with Gasteiger partial charge in [-0.1, -0.05) is 58.3 Å². The molecule has 0 fully saturated rings. The molecule has 1 heterocycles. The molecule has 1 atom stereocenters. The number of unbranched alkanes of at least 4 members (excludes halogenated alkanes) is 7. The normalized spacial score (nSPS) is 12.3. The van der Waals surface area contributed by atoms with Crippen molar-refractivity contribution >= 4 is 0 Å². The van der Waals surface area contributed by atoms with Crippen LogP contribution in [0.15, 0.2) is 18.3 Å². The van der Waals surface area contributed by atoms with Crippen LogP contribution in [0.3, 0.4) is 0 Å². The van der Waals surface area contributed by atoms with Gasteiger partial charge in [-0.15, -0.1) is 0 Å². The highest BCUT2D eigenvalue weighted by molar-refractivity contribution is 5.19. The Morgan fingerprint density at radius 1 is 1.05 bits per heavy atom. The Morgan fingerprint density at radius 3 is 2.25 bits per heavy atom. The van der Waals surface area contributed by atoms with Crippen molar-refractivity contribution in [2.45, 2.75) is 70.8 Å². The van der Waals surface area contributed by atoms with Gasteiger partial charge in [-0.05, 0) is 18.1 Å². The predicted molar refractivity (Wildman–Crippen MR) is 83.0 cm³/mol. The lowest BCUT2D eigenvalue weighted by Gasteiger charge is -2.10. The lowest BCUT2D eigenvalue weighted by Crippen LogP contribution is -1.99. The van der Waals surface area contributed by atoms with E-state index in [4.69, 9.17) is 4.74 Å². The Hall–Kier alpha value is -1.09. The first-order valence-electron chi connectivity index (χ1n) is 7.96. The zero-order valence-corrected chi connectivity index (χ0v) is 13.0. The van der Waals surface area contributed by atoms with Crippen molar-refractivity contribution in [2.75, 3.05) is 7.11 Å². The van der Waals surface area contributed by atoms with Crippen LogP contribution in [0, 0.1) is 0 Å². The first-order valence-corrected chi connectivity index (χ1v) is 7.96. The molecule has 3 nitrogen and oxygen atoms in total. The van der Waals surface area contributed by atoms with Crippen LogP contribution < -0.4 is 4.74 Å². The highest BCUT2D eigenvalue weighted by Crippen LogP contribution is 2.21. The van der Waals surface area contributed by atoms with Crippen molar-refractivity contribution in [1.82, 2.24) is 4.98 Å². The number of nitrogens with zero attached hydrogens (tertiary/aromatic N) is 1. The summed E-state index contributed by atoms with van der Waals surface area (Å²) in [5.74, 6) is 0.591. The van der Waals surface area contributed by atoms with Gasteiger partial charge in [-0.25, -0.2) is 4.98 Å². The summed E-state index contributed by atoms with van der Waals surface area (Å²) in [4.78, 5) is 4.12. The molecule has 1 unspecified atom stereocenters. The molecular formula is C17H29NO2. The van der Waals surface area contributed by atoms with Crippen LogP contribution in [0.1, 0.15) is 76.4 Å². The number of pyridine rings is 1. The smallest absolute Gasteiger partial charge is 0.212 e. The van der Waals surface area contributed by atoms with Crippen LogP contribution >= 0.6 is 0 Å². The third-order valence-corrected chi connectivity index (χ3v) is 3.68. The van der Waals surface area contributed by atoms with Crippen LogP contribution in [0.2, 0.25) is 0 Å². The van der Waals surface area contributed by atoms with Crippen molar-refractivity contribution < 1.29 is 9.84 Å². The number of hydrogen-bond acceptors (Lipinski definition) is 3. The predicted octanol–water partition coefficient (Wildman–Crippen LogP) is 4.65. The molecule has 0 aliphatic heterocycles. The van der Waals surface area contributed by atoms with Crippen molar-refractivity contribution in [2.24, 2.45) is 0 Å². The summed E-state index contributed by atoms with van der Waals surface area (Å²) >= 11 is 0. The number of methoxy groups -OCH3 is 1. The van der Waals surface area contributed by atoms with E-state index in [0.717, 1.165) is 18.4 Å². The number of rotatable bonds is 11. The summed E-state index contributed by atoms with van der Waals surface area (Å²) in [7, 11) is 1.60. The molecule has 1 rings (SSSR count). The second-order valence-corrected chi connectivity index (χ2v) is 5.41. The number of ether oxygens (including phenoxy) is 1. The zero-order valence-electron chi connectivity index (χ0n) is 13.0. The van der Waals surface area contributed by atoms with E-state index in [1.807, 2.05) is 6.07 Å². The zero-order chi connectivity index (χ0) is 14.6. The van der Waals surface area contributed by atoms with E-state index >= 15 is 0 Å². The van der Waals surface area contributed by atoms with Gasteiger partial charge in [0.25, 0.3) is 0 Å². The largest absolute Gasteiger partial charge is 0.481 e. The Kier molecular flexibility index (Phi) is 9.05. The summed E-state index contributed by atoms with van der Waals surface area (Å²) in [5, 5.41) is 10.1. The Morgan fingerprint density at radius 2 is 1.70 bits per heavy atom. The van der Waals surface area contributed by atoms with Crippen molar-refractivity contribution in [3.8, 4) is 5.88 Å². The summed E-state index contributed by atoms with van der Waals surface area (Å²) in [6.07, 6.45) is 12.5. The van der Waals surface area contributed by atoms with E-state index in [9.17, 15) is 5.11 Å². The van der Waals surface area contributed by atoms with Gasteiger partial charge in [0.1, 0.15) is 0 Å². The maximum atomic E-state index is 10.1. The number of aliphatic hydroxyl groups excluding tert-OH is 1. The summed E-state index contributed by atoms with van der Waals surface area (Å²) in [5.41, 5.74) is 0.883. The molecular weight excluding hydrogens is 250 g/mol. The van der Waals surface area contributed by atoms with E-state index in [1.54, 1.807) is 19.4 Å². The van der Waals surface area contributed by atoms with Crippen LogP contribution in [0.4, 0.5) is 0 Å². The summed E-state index contributed by atoms with van der Waals surface area (Å²) in [6.45, 7) is 2.25. The standard InChI is InChI=1S/C17H29NO2/c1-3-4-5-6-7-8-9-10-11-16(19)15-12-13-17(20-2)18-14-15/h12-14,16,19H,3-11H2,1-2H3. The lowest BCUT2D eigenvalue weighted by atomic mass is 10.0. The highest BCUT2D eigenvalue weighted by atomic mass is 16.5. The molecule has 0 aliphatic carbocycles. The minimum absolute atomic E-state index is 0.395. The second-order valence-electron chi connectivity index (χ2n) is 5.41. The van der Waals surface area contributed by atoms with Gasteiger partial charge >= 0.3 is 0 Å². The minimum atomic E-state index is -0.395. The molecule has 0 bridgehead atoms. The molecule has 0 spiro atoms. The SMILES string of the molecule is CCCCCCCCCCC(O)c1ccc(OC)nc1. The van der Waals surface area contributed by atoms with Gasteiger partial charge in [-0.2, -0.15) is 0 Å². The first-order chi connectivity index (χ1) is 9.77. The minimum Gasteiger partial charge on any atom is -0.481 e. The Labute approximate surface area is 123 Å². The third kappa shape index (κ3) is 6.90. The Balaban J connectivity index is 2.08. The summed E-state index contributed by atoms with van der Waals surface area (Å²) < 4.78 is 5.01. The van der Waals surface area contributed by atoms with E-state index in [-0.39, 0.29) is 0 Å². The molecule has 0 amide bonds. The summed E-state index contributed by atoms with van der Waals surface area (Å²) in [6, 6.07) is 3.69. The number of aromatic nitrogens is 1. The highest BCUT2D eigenvalue weighted by Gasteiger charge is 2.07. The van der Waals surface area contributed by atoms with Gasteiger partial charge in [0.05, 0.1) is 13.2 Å². The molecule has 20 heavy (non-hydrogen) atoms. The topological polar surface area (TPSA) is 42.4 Å². The maximum Gasteiger partial charge on any atom is 0.212 e. The molecule has 1 aromatic rings. The monoisotopic (exact) mass is 279 g/mol. The van der Waals surface area contributed by atoms with E-state index in [1.165, 1.54) is 44.9 Å². The van der Waals surface area contributed by atoms with Crippen LogP contribution in [0.25, 0.3) is 0 Å². The Bertz CT molecular complexity index is 337. The third-order valence-electron chi connectivity index (χ3n) is 3.68. The maximum absolute atomic E-state index is 10.1. The van der Waals surface area contributed by atoms with E-state index in [2.05, 4.69) is 11.9 Å². The molecule has 1 aromatic heterocycles. The molecule has 0 saturated heterocycles. The van der Waals surface area contributed by atoms with Crippen LogP contribution in [-0.4, -0.2) is 17.2 Å². The molecule has 3 heteroatoms. The van der Waals surface area contributed by atoms with Gasteiger partial charge < -0.3 is 9.84 Å². The molecule has 0 aromatic carbocycles. The molecule has 0 aliphatic rings. The molecule has 0 radical (unpaired) electrons. The average molecular weight is 279 g/mol. The fourth-order valence-corrected chi connectivity index (χ4v) is 2.35. The van der Waals surface area contributed by atoms with Crippen molar-refractivity contribution in [3.63, 3.8) is 0 Å². The van der Waals surface area contributed by atoms with Gasteiger partial charge in [-0.3, -0.25) is 0 Å². The van der Waals surface area contributed by atoms with Crippen molar-refractivity contribution in [1.29, 1.82) is 0 Å². The quantitative estimate of drug-likeness (QED) is 0.599. The average Bonchev–Trinajstić information content (AvgIpc) is 2.50. The fraction of sp³-hybridized carbons (Fsp3) is 0.706. The molecule has 0 saturated carbocycles.